The highest BCUT2D eigenvalue weighted by molar-refractivity contribution is 5.94. The Bertz CT molecular complexity index is 1030. The lowest BCUT2D eigenvalue weighted by Gasteiger charge is -2.18. The van der Waals surface area contributed by atoms with Crippen molar-refractivity contribution in [1.29, 1.82) is 0 Å². The van der Waals surface area contributed by atoms with E-state index in [4.69, 9.17) is 5.73 Å². The zero-order valence-corrected chi connectivity index (χ0v) is 16.5. The Morgan fingerprint density at radius 1 is 1.18 bits per heavy atom. The summed E-state index contributed by atoms with van der Waals surface area (Å²) in [7, 11) is 0. The number of carbonyl (C=O) groups is 1. The van der Waals surface area contributed by atoms with Gasteiger partial charge in [0.25, 0.3) is 5.91 Å². The number of amides is 1. The molecule has 0 spiro atoms. The Morgan fingerprint density at radius 2 is 2.00 bits per heavy atom. The quantitative estimate of drug-likeness (QED) is 0.715. The molecule has 0 radical (unpaired) electrons. The Hall–Kier alpha value is -2.51. The maximum Gasteiger partial charge on any atom is 0.276 e. The lowest BCUT2D eigenvalue weighted by molar-refractivity contribution is 0.0773. The fourth-order valence-corrected chi connectivity index (χ4v) is 4.64. The van der Waals surface area contributed by atoms with Gasteiger partial charge in [-0.1, -0.05) is 23.4 Å². The van der Waals surface area contributed by atoms with Crippen LogP contribution in [0.2, 0.25) is 0 Å². The van der Waals surface area contributed by atoms with E-state index in [1.165, 1.54) is 0 Å². The minimum absolute atomic E-state index is 0. The Labute approximate surface area is 169 Å². The van der Waals surface area contributed by atoms with Crippen LogP contribution in [0.4, 0.5) is 0 Å². The Morgan fingerprint density at radius 3 is 2.82 bits per heavy atom. The van der Waals surface area contributed by atoms with E-state index in [-0.39, 0.29) is 24.4 Å². The molecule has 146 valence electrons. The molecule has 28 heavy (non-hydrogen) atoms. The number of hydrogen-bond donors (Lipinski definition) is 1. The molecule has 1 saturated carbocycles. The molecule has 1 aliphatic carbocycles. The molecular weight excluding hydrogens is 376 g/mol. The summed E-state index contributed by atoms with van der Waals surface area (Å²) in [6.45, 7) is 3.39. The predicted octanol–water partition coefficient (Wildman–Crippen LogP) is 2.36. The predicted molar refractivity (Wildman–Crippen MR) is 109 cm³/mol. The molecule has 5 rings (SSSR count). The molecule has 7 nitrogen and oxygen atoms in total. The van der Waals surface area contributed by atoms with E-state index in [1.54, 1.807) is 10.9 Å². The van der Waals surface area contributed by atoms with Crippen LogP contribution in [0.5, 0.6) is 0 Å². The molecule has 1 aromatic carbocycles. The van der Waals surface area contributed by atoms with Gasteiger partial charge < -0.3 is 10.6 Å². The number of para-hydroxylation sites is 1. The van der Waals surface area contributed by atoms with E-state index in [0.29, 0.717) is 17.5 Å². The van der Waals surface area contributed by atoms with Crippen LogP contribution in [-0.4, -0.2) is 49.9 Å². The van der Waals surface area contributed by atoms with Crippen molar-refractivity contribution in [3.63, 3.8) is 0 Å². The maximum absolute atomic E-state index is 13.1. The van der Waals surface area contributed by atoms with E-state index in [0.717, 1.165) is 48.2 Å². The van der Waals surface area contributed by atoms with Crippen molar-refractivity contribution < 1.29 is 4.79 Å². The molecule has 8 heteroatoms. The summed E-state index contributed by atoms with van der Waals surface area (Å²) in [5.41, 5.74) is 9.03. The molecule has 0 bridgehead atoms. The average Bonchev–Trinajstić information content (AvgIpc) is 3.37. The van der Waals surface area contributed by atoms with Crippen molar-refractivity contribution in [2.24, 2.45) is 17.6 Å². The second-order valence-electron chi connectivity index (χ2n) is 7.66. The van der Waals surface area contributed by atoms with Crippen molar-refractivity contribution in [2.45, 2.75) is 25.8 Å². The molecule has 1 aliphatic heterocycles. The largest absolute Gasteiger partial charge is 0.337 e. The summed E-state index contributed by atoms with van der Waals surface area (Å²) in [5.74, 6) is 0.904. The van der Waals surface area contributed by atoms with E-state index in [2.05, 4.69) is 15.3 Å². The molecule has 1 saturated heterocycles. The highest BCUT2D eigenvalue weighted by Gasteiger charge is 2.43. The van der Waals surface area contributed by atoms with Crippen LogP contribution in [0.25, 0.3) is 16.6 Å². The zero-order valence-electron chi connectivity index (χ0n) is 15.7. The van der Waals surface area contributed by atoms with Gasteiger partial charge in [0.1, 0.15) is 0 Å². The summed E-state index contributed by atoms with van der Waals surface area (Å²) < 4.78 is 1.71. The molecule has 3 unspecified atom stereocenters. The molecule has 2 aromatic heterocycles. The number of carbonyl (C=O) groups excluding carboxylic acids is 1. The number of halogens is 1. The molecular formula is C20H23ClN6O. The van der Waals surface area contributed by atoms with Crippen molar-refractivity contribution >= 4 is 29.2 Å². The van der Waals surface area contributed by atoms with E-state index < -0.39 is 0 Å². The van der Waals surface area contributed by atoms with Gasteiger partial charge >= 0.3 is 0 Å². The first-order valence-corrected chi connectivity index (χ1v) is 9.45. The van der Waals surface area contributed by atoms with E-state index >= 15 is 0 Å². The Kier molecular flexibility index (Phi) is 4.81. The van der Waals surface area contributed by atoms with Gasteiger partial charge in [-0.15, -0.1) is 17.5 Å². The number of likely N-dealkylation sites (tertiary alicyclic amines) is 1. The van der Waals surface area contributed by atoms with Gasteiger partial charge in [0.15, 0.2) is 5.69 Å². The number of aromatic nitrogens is 4. The first-order valence-electron chi connectivity index (χ1n) is 9.45. The van der Waals surface area contributed by atoms with Crippen LogP contribution >= 0.6 is 12.4 Å². The minimum atomic E-state index is -0.0476. The van der Waals surface area contributed by atoms with Crippen molar-refractivity contribution in [2.75, 3.05) is 13.1 Å². The number of rotatable bonds is 2. The number of benzene rings is 1. The summed E-state index contributed by atoms with van der Waals surface area (Å²) in [5, 5.41) is 9.52. The van der Waals surface area contributed by atoms with E-state index in [9.17, 15) is 4.79 Å². The number of nitrogens with two attached hydrogens (primary N) is 1. The lowest BCUT2D eigenvalue weighted by atomic mass is 9.98. The summed E-state index contributed by atoms with van der Waals surface area (Å²) in [6.07, 6.45) is 3.94. The highest BCUT2D eigenvalue weighted by atomic mass is 35.5. The molecule has 3 aromatic rings. The third-order valence-electron chi connectivity index (χ3n) is 6.14. The first-order chi connectivity index (χ1) is 13.1. The SMILES string of the molecule is Cc1c(C(=O)N2CC3CCC(N)C3C2)nnn1-c1cccc2cccnc12.Cl. The van der Waals surface area contributed by atoms with Crippen LogP contribution in [0.3, 0.4) is 0 Å². The molecule has 3 heterocycles. The average molecular weight is 399 g/mol. The van der Waals surface area contributed by atoms with Crippen LogP contribution in [-0.2, 0) is 0 Å². The monoisotopic (exact) mass is 398 g/mol. The smallest absolute Gasteiger partial charge is 0.276 e. The van der Waals surface area contributed by atoms with Gasteiger partial charge in [0, 0.05) is 30.7 Å². The topological polar surface area (TPSA) is 89.9 Å². The number of nitrogens with zero attached hydrogens (tertiary/aromatic N) is 5. The second-order valence-corrected chi connectivity index (χ2v) is 7.66. The van der Waals surface area contributed by atoms with Crippen molar-refractivity contribution in [3.05, 3.63) is 47.9 Å². The maximum atomic E-state index is 13.1. The normalized spacial score (nSPS) is 23.6. The van der Waals surface area contributed by atoms with Crippen LogP contribution < -0.4 is 5.73 Å². The minimum Gasteiger partial charge on any atom is -0.337 e. The van der Waals surface area contributed by atoms with Gasteiger partial charge in [-0.3, -0.25) is 9.78 Å². The number of pyridine rings is 1. The highest BCUT2D eigenvalue weighted by Crippen LogP contribution is 2.37. The zero-order chi connectivity index (χ0) is 18.5. The van der Waals surface area contributed by atoms with Crippen LogP contribution in [0, 0.1) is 18.8 Å². The number of fused-ring (bicyclic) bond motifs is 2. The molecule has 2 fully saturated rings. The van der Waals surface area contributed by atoms with Gasteiger partial charge in [-0.25, -0.2) is 4.68 Å². The summed E-state index contributed by atoms with van der Waals surface area (Å²) in [6, 6.07) is 10.1. The first kappa shape index (κ1) is 18.8. The summed E-state index contributed by atoms with van der Waals surface area (Å²) >= 11 is 0. The fraction of sp³-hybridized carbons (Fsp3) is 0.400. The second kappa shape index (κ2) is 7.14. The van der Waals surface area contributed by atoms with Gasteiger partial charge in [-0.2, -0.15) is 0 Å². The third kappa shape index (κ3) is 2.86. The van der Waals surface area contributed by atoms with Crippen molar-refractivity contribution in [3.8, 4) is 5.69 Å². The van der Waals surface area contributed by atoms with Crippen LogP contribution in [0.15, 0.2) is 36.5 Å². The van der Waals surface area contributed by atoms with Crippen molar-refractivity contribution in [1.82, 2.24) is 24.9 Å². The Balaban J connectivity index is 0.00000192. The molecule has 1 amide bonds. The summed E-state index contributed by atoms with van der Waals surface area (Å²) in [4.78, 5) is 19.4. The molecule has 2 aliphatic rings. The molecule has 2 N–H and O–H groups in total. The standard InChI is InChI=1S/C20H22N6O.ClH/c1-12-18(20(27)25-10-14-7-8-16(21)15(14)11-25)23-24-26(12)17-6-2-4-13-5-3-9-22-19(13)17;/h2-6,9,14-16H,7-8,10-11,21H2,1H3;1H. The van der Waals surface area contributed by atoms with E-state index in [1.807, 2.05) is 42.2 Å². The molecule has 3 atom stereocenters. The fourth-order valence-electron chi connectivity index (χ4n) is 4.64. The van der Waals surface area contributed by atoms with Gasteiger partial charge in [0.2, 0.25) is 0 Å². The third-order valence-corrected chi connectivity index (χ3v) is 6.14. The van der Waals surface area contributed by atoms with Gasteiger partial charge in [-0.05, 0) is 43.7 Å². The lowest BCUT2D eigenvalue weighted by Crippen LogP contribution is -2.34. The van der Waals surface area contributed by atoms with Gasteiger partial charge in [0.05, 0.1) is 16.9 Å². The van der Waals surface area contributed by atoms with Crippen LogP contribution in [0.1, 0.15) is 29.0 Å². The number of hydrogen-bond acceptors (Lipinski definition) is 5.